The third-order valence-electron chi connectivity index (χ3n) is 2.74. The van der Waals surface area contributed by atoms with E-state index in [0.717, 1.165) is 17.8 Å². The molecule has 0 amide bonds. The van der Waals surface area contributed by atoms with Gasteiger partial charge in [0.1, 0.15) is 0 Å². The first-order valence-electron chi connectivity index (χ1n) is 5.78. The van der Waals surface area contributed by atoms with Crippen LogP contribution in [-0.2, 0) is 0 Å². The highest BCUT2D eigenvalue weighted by Gasteiger charge is 2.12. The smallest absolute Gasteiger partial charge is 0.337 e. The summed E-state index contributed by atoms with van der Waals surface area (Å²) >= 11 is 0. The molecule has 98 valence electrons. The number of halogens is 1. The number of rotatable bonds is 4. The van der Waals surface area contributed by atoms with Crippen LogP contribution in [0.15, 0.2) is 42.6 Å². The number of nitrogens with zero attached hydrogens (tertiary/aromatic N) is 1. The van der Waals surface area contributed by atoms with Crippen LogP contribution in [-0.4, -0.2) is 16.1 Å². The van der Waals surface area contributed by atoms with Crippen molar-refractivity contribution < 1.29 is 14.3 Å². The van der Waals surface area contributed by atoms with Gasteiger partial charge in [-0.2, -0.15) is 0 Å². The van der Waals surface area contributed by atoms with Gasteiger partial charge in [-0.25, -0.2) is 14.2 Å². The summed E-state index contributed by atoms with van der Waals surface area (Å²) in [7, 11) is 0. The third kappa shape index (κ3) is 3.07. The number of hydrogen-bond acceptors (Lipinski definition) is 3. The molecule has 1 unspecified atom stereocenters. The van der Waals surface area contributed by atoms with E-state index < -0.39 is 11.8 Å². The largest absolute Gasteiger partial charge is 0.478 e. The third-order valence-corrected chi connectivity index (χ3v) is 2.74. The van der Waals surface area contributed by atoms with Crippen LogP contribution >= 0.6 is 0 Å². The second kappa shape index (κ2) is 5.48. The van der Waals surface area contributed by atoms with Crippen molar-refractivity contribution in [2.75, 3.05) is 5.32 Å². The molecule has 2 N–H and O–H groups in total. The Hall–Kier alpha value is -2.43. The van der Waals surface area contributed by atoms with E-state index in [9.17, 15) is 9.18 Å². The van der Waals surface area contributed by atoms with Crippen molar-refractivity contribution in [1.29, 1.82) is 0 Å². The van der Waals surface area contributed by atoms with E-state index in [-0.39, 0.29) is 17.4 Å². The predicted octanol–water partition coefficient (Wildman–Crippen LogP) is 3.09. The van der Waals surface area contributed by atoms with Crippen molar-refractivity contribution in [3.05, 3.63) is 59.5 Å². The van der Waals surface area contributed by atoms with Crippen molar-refractivity contribution in [3.63, 3.8) is 0 Å². The second-order valence-electron chi connectivity index (χ2n) is 4.14. The molecule has 1 heterocycles. The number of carbonyl (C=O) groups is 1. The number of aromatic nitrogens is 1. The first kappa shape index (κ1) is 13.0. The predicted molar refractivity (Wildman–Crippen MR) is 69.6 cm³/mol. The number of benzene rings is 1. The maximum atomic E-state index is 13.7. The van der Waals surface area contributed by atoms with Crippen LogP contribution in [0.5, 0.6) is 0 Å². The van der Waals surface area contributed by atoms with Gasteiger partial charge in [0.25, 0.3) is 0 Å². The molecule has 0 aliphatic rings. The van der Waals surface area contributed by atoms with Crippen LogP contribution in [0.25, 0.3) is 0 Å². The van der Waals surface area contributed by atoms with Gasteiger partial charge in [0.15, 0.2) is 11.6 Å². The molecule has 19 heavy (non-hydrogen) atoms. The number of anilines is 1. The van der Waals surface area contributed by atoms with Gasteiger partial charge >= 0.3 is 5.97 Å². The van der Waals surface area contributed by atoms with Gasteiger partial charge in [-0.15, -0.1) is 0 Å². The minimum atomic E-state index is -1.20. The van der Waals surface area contributed by atoms with Crippen LogP contribution in [0.4, 0.5) is 10.2 Å². The van der Waals surface area contributed by atoms with Crippen molar-refractivity contribution in [2.24, 2.45) is 0 Å². The lowest BCUT2D eigenvalue weighted by Crippen LogP contribution is -2.10. The Balaban J connectivity index is 2.18. The van der Waals surface area contributed by atoms with E-state index in [1.807, 2.05) is 37.3 Å². The Morgan fingerprint density at radius 3 is 2.63 bits per heavy atom. The standard InChI is InChI=1S/C14H13FN2O2/c1-9(10-5-3-2-4-6-10)17-13-12(15)7-11(8-16-13)14(18)19/h2-9H,1H3,(H,16,17)(H,18,19). The van der Waals surface area contributed by atoms with Crippen LogP contribution in [0.3, 0.4) is 0 Å². The van der Waals surface area contributed by atoms with Crippen LogP contribution in [0.1, 0.15) is 28.9 Å². The van der Waals surface area contributed by atoms with Gasteiger partial charge in [-0.1, -0.05) is 30.3 Å². The SMILES string of the molecule is CC(Nc1ncc(C(=O)O)cc1F)c1ccccc1. The van der Waals surface area contributed by atoms with Gasteiger partial charge in [-0.05, 0) is 18.6 Å². The van der Waals surface area contributed by atoms with Gasteiger partial charge in [0.2, 0.25) is 0 Å². The fourth-order valence-electron chi connectivity index (χ4n) is 1.69. The van der Waals surface area contributed by atoms with Gasteiger partial charge in [-0.3, -0.25) is 0 Å². The molecule has 5 heteroatoms. The minimum absolute atomic E-state index is 0.0429. The van der Waals surface area contributed by atoms with Crippen molar-refractivity contribution in [1.82, 2.24) is 4.98 Å². The second-order valence-corrected chi connectivity index (χ2v) is 4.14. The lowest BCUT2D eigenvalue weighted by Gasteiger charge is -2.15. The Morgan fingerprint density at radius 1 is 1.37 bits per heavy atom. The van der Waals surface area contributed by atoms with Crippen LogP contribution < -0.4 is 5.32 Å². The van der Waals surface area contributed by atoms with Crippen molar-refractivity contribution in [3.8, 4) is 0 Å². The van der Waals surface area contributed by atoms with Gasteiger partial charge in [0.05, 0.1) is 11.6 Å². The molecule has 2 aromatic rings. The van der Waals surface area contributed by atoms with Crippen LogP contribution in [0, 0.1) is 5.82 Å². The molecule has 0 aliphatic carbocycles. The molecule has 4 nitrogen and oxygen atoms in total. The number of aromatic carboxylic acids is 1. The molecule has 1 aromatic carbocycles. The lowest BCUT2D eigenvalue weighted by atomic mass is 10.1. The summed E-state index contributed by atoms with van der Waals surface area (Å²) in [4.78, 5) is 14.5. The quantitative estimate of drug-likeness (QED) is 0.886. The van der Waals surface area contributed by atoms with E-state index in [1.54, 1.807) is 0 Å². The maximum Gasteiger partial charge on any atom is 0.337 e. The van der Waals surface area contributed by atoms with E-state index >= 15 is 0 Å². The summed E-state index contributed by atoms with van der Waals surface area (Å²) in [6.07, 6.45) is 1.13. The van der Waals surface area contributed by atoms with E-state index in [1.165, 1.54) is 0 Å². The molecular formula is C14H13FN2O2. The molecule has 1 aromatic heterocycles. The van der Waals surface area contributed by atoms with E-state index in [4.69, 9.17) is 5.11 Å². The molecule has 0 saturated heterocycles. The zero-order valence-electron chi connectivity index (χ0n) is 10.3. The Bertz CT molecular complexity index is 587. The first-order chi connectivity index (χ1) is 9.08. The summed E-state index contributed by atoms with van der Waals surface area (Å²) in [5.41, 5.74) is 0.821. The normalized spacial score (nSPS) is 11.9. The fraction of sp³-hybridized carbons (Fsp3) is 0.143. The topological polar surface area (TPSA) is 62.2 Å². The van der Waals surface area contributed by atoms with Gasteiger partial charge in [0, 0.05) is 6.20 Å². The molecule has 0 aliphatic heterocycles. The summed E-state index contributed by atoms with van der Waals surface area (Å²) in [5, 5.41) is 11.6. The molecule has 2 rings (SSSR count). The first-order valence-corrected chi connectivity index (χ1v) is 5.78. The summed E-state index contributed by atoms with van der Waals surface area (Å²) < 4.78 is 13.7. The Morgan fingerprint density at radius 2 is 2.05 bits per heavy atom. The Labute approximate surface area is 109 Å². The lowest BCUT2D eigenvalue weighted by molar-refractivity contribution is 0.0696. The number of carboxylic acids is 1. The Kier molecular flexibility index (Phi) is 3.75. The molecule has 1 atom stereocenters. The minimum Gasteiger partial charge on any atom is -0.478 e. The fourth-order valence-corrected chi connectivity index (χ4v) is 1.69. The summed E-state index contributed by atoms with van der Waals surface area (Å²) in [6.45, 7) is 1.88. The van der Waals surface area contributed by atoms with Crippen molar-refractivity contribution in [2.45, 2.75) is 13.0 Å². The van der Waals surface area contributed by atoms with Crippen molar-refractivity contribution >= 4 is 11.8 Å². The number of nitrogens with one attached hydrogen (secondary N) is 1. The highest BCUT2D eigenvalue weighted by molar-refractivity contribution is 5.87. The number of carboxylic acid groups (broad SMARTS) is 1. The molecule has 0 bridgehead atoms. The molecule has 0 radical (unpaired) electrons. The molecule has 0 saturated carbocycles. The maximum absolute atomic E-state index is 13.7. The number of hydrogen-bond donors (Lipinski definition) is 2. The molecular weight excluding hydrogens is 247 g/mol. The van der Waals surface area contributed by atoms with Crippen LogP contribution in [0.2, 0.25) is 0 Å². The average Bonchev–Trinajstić information content (AvgIpc) is 2.41. The molecule has 0 fully saturated rings. The van der Waals surface area contributed by atoms with Gasteiger partial charge < -0.3 is 10.4 Å². The zero-order valence-corrected chi connectivity index (χ0v) is 10.3. The number of pyridine rings is 1. The zero-order chi connectivity index (χ0) is 13.8. The summed E-state index contributed by atoms with van der Waals surface area (Å²) in [5.74, 6) is -1.84. The van der Waals surface area contributed by atoms with E-state index in [0.29, 0.717) is 0 Å². The molecule has 0 spiro atoms. The summed E-state index contributed by atoms with van der Waals surface area (Å²) in [6, 6.07) is 10.4. The van der Waals surface area contributed by atoms with E-state index in [2.05, 4.69) is 10.3 Å². The monoisotopic (exact) mass is 260 g/mol. The highest BCUT2D eigenvalue weighted by atomic mass is 19.1. The highest BCUT2D eigenvalue weighted by Crippen LogP contribution is 2.20. The average molecular weight is 260 g/mol.